The maximum atomic E-state index is 11.9. The van der Waals surface area contributed by atoms with Crippen LogP contribution in [0.25, 0.3) is 0 Å². The van der Waals surface area contributed by atoms with Crippen LogP contribution in [-0.4, -0.2) is 25.8 Å². The van der Waals surface area contributed by atoms with E-state index in [2.05, 4.69) is 47.7 Å². The van der Waals surface area contributed by atoms with Crippen LogP contribution in [0.1, 0.15) is 11.1 Å². The Morgan fingerprint density at radius 3 is 2.42 bits per heavy atom. The number of rotatable bonds is 6. The number of nitrogens with zero attached hydrogens (tertiary/aromatic N) is 1. The highest BCUT2D eigenvalue weighted by Gasteiger charge is 2.07. The van der Waals surface area contributed by atoms with Gasteiger partial charge in [-0.05, 0) is 86.3 Å². The van der Waals surface area contributed by atoms with Crippen LogP contribution in [0.2, 0.25) is 0 Å². The van der Waals surface area contributed by atoms with Crippen LogP contribution < -0.4 is 15.5 Å². The van der Waals surface area contributed by atoms with Crippen molar-refractivity contribution in [3.05, 3.63) is 56.5 Å². The zero-order chi connectivity index (χ0) is 17.5. The SMILES string of the molecule is COc1ccc(/C=N/NC(=O)CNc2c(Br)cc(C)cc2Br)cc1. The lowest BCUT2D eigenvalue weighted by Crippen LogP contribution is -2.26. The van der Waals surface area contributed by atoms with E-state index in [4.69, 9.17) is 4.74 Å². The number of nitrogens with one attached hydrogen (secondary N) is 2. The van der Waals surface area contributed by atoms with Crippen LogP contribution in [-0.2, 0) is 4.79 Å². The van der Waals surface area contributed by atoms with Gasteiger partial charge in [-0.25, -0.2) is 5.43 Å². The van der Waals surface area contributed by atoms with E-state index in [1.165, 1.54) is 0 Å². The zero-order valence-corrected chi connectivity index (χ0v) is 16.4. The normalized spacial score (nSPS) is 10.7. The molecule has 0 heterocycles. The van der Waals surface area contributed by atoms with E-state index in [1.54, 1.807) is 13.3 Å². The number of aryl methyl sites for hydroxylation is 1. The topological polar surface area (TPSA) is 62.7 Å². The van der Waals surface area contributed by atoms with Gasteiger partial charge >= 0.3 is 0 Å². The van der Waals surface area contributed by atoms with Crippen LogP contribution in [0.15, 0.2) is 50.4 Å². The Kier molecular flexibility index (Phi) is 6.81. The van der Waals surface area contributed by atoms with Crippen molar-refractivity contribution >= 4 is 49.7 Å². The fourth-order valence-electron chi connectivity index (χ4n) is 1.95. The lowest BCUT2D eigenvalue weighted by Gasteiger charge is -2.11. The first-order valence-corrected chi connectivity index (χ1v) is 8.73. The lowest BCUT2D eigenvalue weighted by atomic mass is 10.2. The van der Waals surface area contributed by atoms with Gasteiger partial charge in [0.1, 0.15) is 5.75 Å². The van der Waals surface area contributed by atoms with Crippen LogP contribution in [0.3, 0.4) is 0 Å². The molecule has 0 unspecified atom stereocenters. The number of anilines is 1. The maximum absolute atomic E-state index is 11.9. The Morgan fingerprint density at radius 1 is 1.21 bits per heavy atom. The third kappa shape index (κ3) is 5.35. The Hall–Kier alpha value is -1.86. The smallest absolute Gasteiger partial charge is 0.259 e. The van der Waals surface area contributed by atoms with Gasteiger partial charge in [0.25, 0.3) is 5.91 Å². The number of carbonyl (C=O) groups is 1. The Bertz CT molecular complexity index is 723. The molecule has 5 nitrogen and oxygen atoms in total. The average molecular weight is 455 g/mol. The van der Waals surface area contributed by atoms with E-state index >= 15 is 0 Å². The van der Waals surface area contributed by atoms with Gasteiger partial charge in [-0.15, -0.1) is 0 Å². The summed E-state index contributed by atoms with van der Waals surface area (Å²) in [6, 6.07) is 11.3. The van der Waals surface area contributed by atoms with Crippen LogP contribution in [0.5, 0.6) is 5.75 Å². The molecular weight excluding hydrogens is 438 g/mol. The molecular formula is C17H17Br2N3O2. The van der Waals surface area contributed by atoms with Crippen LogP contribution >= 0.6 is 31.9 Å². The molecule has 0 aliphatic heterocycles. The minimum Gasteiger partial charge on any atom is -0.497 e. The van der Waals surface area contributed by atoms with Crippen molar-refractivity contribution in [1.82, 2.24) is 5.43 Å². The highest BCUT2D eigenvalue weighted by Crippen LogP contribution is 2.32. The van der Waals surface area contributed by atoms with Crippen molar-refractivity contribution in [2.24, 2.45) is 5.10 Å². The summed E-state index contributed by atoms with van der Waals surface area (Å²) in [4.78, 5) is 11.9. The molecule has 0 fully saturated rings. The summed E-state index contributed by atoms with van der Waals surface area (Å²) in [7, 11) is 1.61. The van der Waals surface area contributed by atoms with Gasteiger partial charge in [0.15, 0.2) is 0 Å². The van der Waals surface area contributed by atoms with Gasteiger partial charge in [0.2, 0.25) is 0 Å². The number of amides is 1. The summed E-state index contributed by atoms with van der Waals surface area (Å²) in [5, 5.41) is 7.02. The molecule has 1 amide bonds. The van der Waals surface area contributed by atoms with E-state index in [0.717, 1.165) is 31.5 Å². The predicted molar refractivity (Wildman–Crippen MR) is 104 cm³/mol. The molecule has 2 N–H and O–H groups in total. The van der Waals surface area contributed by atoms with Crippen molar-refractivity contribution in [2.45, 2.75) is 6.92 Å². The summed E-state index contributed by atoms with van der Waals surface area (Å²) < 4.78 is 6.87. The third-order valence-corrected chi connectivity index (χ3v) is 4.38. The first-order chi connectivity index (χ1) is 11.5. The summed E-state index contributed by atoms with van der Waals surface area (Å²) in [5.74, 6) is 0.536. The summed E-state index contributed by atoms with van der Waals surface area (Å²) in [5.41, 5.74) is 5.30. The number of halogens is 2. The highest BCUT2D eigenvalue weighted by atomic mass is 79.9. The molecule has 0 aliphatic rings. The monoisotopic (exact) mass is 453 g/mol. The Morgan fingerprint density at radius 2 is 1.83 bits per heavy atom. The fourth-order valence-corrected chi connectivity index (χ4v) is 3.64. The molecule has 0 saturated heterocycles. The highest BCUT2D eigenvalue weighted by molar-refractivity contribution is 9.11. The number of benzene rings is 2. The summed E-state index contributed by atoms with van der Waals surface area (Å²) in [6.45, 7) is 2.11. The number of hydrogen-bond acceptors (Lipinski definition) is 4. The Balaban J connectivity index is 1.86. The van der Waals surface area contributed by atoms with Crippen molar-refractivity contribution in [1.29, 1.82) is 0 Å². The molecule has 0 spiro atoms. The zero-order valence-electron chi connectivity index (χ0n) is 13.3. The van der Waals surface area contributed by atoms with Gasteiger partial charge in [0.05, 0.1) is 25.6 Å². The molecule has 0 aliphatic carbocycles. The molecule has 7 heteroatoms. The van der Waals surface area contributed by atoms with Crippen molar-refractivity contribution in [3.8, 4) is 5.75 Å². The molecule has 2 aromatic rings. The first kappa shape index (κ1) is 18.5. The van der Waals surface area contributed by atoms with Crippen molar-refractivity contribution in [2.75, 3.05) is 19.0 Å². The molecule has 0 aromatic heterocycles. The molecule has 0 saturated carbocycles. The predicted octanol–water partition coefficient (Wildman–Crippen LogP) is 4.09. The van der Waals surface area contributed by atoms with Crippen LogP contribution in [0, 0.1) is 6.92 Å². The quantitative estimate of drug-likeness (QED) is 0.510. The van der Waals surface area contributed by atoms with Gasteiger partial charge < -0.3 is 10.1 Å². The summed E-state index contributed by atoms with van der Waals surface area (Å²) in [6.07, 6.45) is 1.58. The third-order valence-electron chi connectivity index (χ3n) is 3.13. The second-order valence-electron chi connectivity index (χ2n) is 5.02. The van der Waals surface area contributed by atoms with Gasteiger partial charge in [-0.3, -0.25) is 4.79 Å². The van der Waals surface area contributed by atoms with E-state index in [1.807, 2.05) is 43.3 Å². The molecule has 0 atom stereocenters. The van der Waals surface area contributed by atoms with E-state index in [0.29, 0.717) is 0 Å². The second-order valence-corrected chi connectivity index (χ2v) is 6.73. The average Bonchev–Trinajstić information content (AvgIpc) is 2.54. The largest absolute Gasteiger partial charge is 0.497 e. The second kappa shape index (κ2) is 8.84. The number of hydrogen-bond donors (Lipinski definition) is 2. The number of carbonyl (C=O) groups excluding carboxylic acids is 1. The molecule has 2 rings (SSSR count). The standard InChI is InChI=1S/C17H17Br2N3O2/c1-11-7-14(18)17(15(19)8-11)20-10-16(23)22-21-9-12-3-5-13(24-2)6-4-12/h3-9,20H,10H2,1-2H3,(H,22,23)/b21-9+. The molecule has 24 heavy (non-hydrogen) atoms. The lowest BCUT2D eigenvalue weighted by molar-refractivity contribution is -0.119. The minimum absolute atomic E-state index is 0.111. The minimum atomic E-state index is -0.237. The molecule has 0 bridgehead atoms. The van der Waals surface area contributed by atoms with Crippen LogP contribution in [0.4, 0.5) is 5.69 Å². The van der Waals surface area contributed by atoms with Crippen molar-refractivity contribution in [3.63, 3.8) is 0 Å². The molecule has 2 aromatic carbocycles. The number of methoxy groups -OCH3 is 1. The Labute approximate surface area is 157 Å². The number of ether oxygens (including phenoxy) is 1. The van der Waals surface area contributed by atoms with Gasteiger partial charge in [-0.2, -0.15) is 5.10 Å². The maximum Gasteiger partial charge on any atom is 0.259 e. The fraction of sp³-hybridized carbons (Fsp3) is 0.176. The van der Waals surface area contributed by atoms with Crippen molar-refractivity contribution < 1.29 is 9.53 Å². The van der Waals surface area contributed by atoms with Gasteiger partial charge in [0, 0.05) is 8.95 Å². The van der Waals surface area contributed by atoms with Gasteiger partial charge in [-0.1, -0.05) is 0 Å². The number of hydrazone groups is 1. The molecule has 126 valence electrons. The van der Waals surface area contributed by atoms with E-state index in [9.17, 15) is 4.79 Å². The first-order valence-electron chi connectivity index (χ1n) is 7.15. The van der Waals surface area contributed by atoms with E-state index < -0.39 is 0 Å². The van der Waals surface area contributed by atoms with E-state index in [-0.39, 0.29) is 12.5 Å². The molecule has 0 radical (unpaired) electrons. The summed E-state index contributed by atoms with van der Waals surface area (Å²) >= 11 is 6.96.